The predicted molar refractivity (Wildman–Crippen MR) is 124 cm³/mol. The molecule has 0 atom stereocenters. The van der Waals surface area contributed by atoms with E-state index in [9.17, 15) is 9.90 Å². The van der Waals surface area contributed by atoms with Crippen LogP contribution in [0.5, 0.6) is 11.5 Å². The summed E-state index contributed by atoms with van der Waals surface area (Å²) in [6.45, 7) is 0.277. The molecule has 0 fully saturated rings. The van der Waals surface area contributed by atoms with Crippen LogP contribution in [0, 0.1) is 0 Å². The first kappa shape index (κ1) is 21.8. The second kappa shape index (κ2) is 9.80. The molecule has 0 aliphatic rings. The summed E-state index contributed by atoms with van der Waals surface area (Å²) < 4.78 is 16.9. The van der Waals surface area contributed by atoms with E-state index in [1.807, 2.05) is 30.3 Å². The molecular formula is C24H18ClNO5S. The Hall–Kier alpha value is -3.42. The molecule has 0 aliphatic carbocycles. The lowest BCUT2D eigenvalue weighted by atomic mass is 10.2. The maximum Gasteiger partial charge on any atom is 0.342 e. The lowest BCUT2D eigenvalue weighted by Crippen LogP contribution is -1.99. The number of carboxylic acid groups (broad SMARTS) is 1. The molecule has 0 bridgehead atoms. The topological polar surface area (TPSA) is 81.8 Å². The summed E-state index contributed by atoms with van der Waals surface area (Å²) in [5.74, 6) is -0.0919. The van der Waals surface area contributed by atoms with Crippen molar-refractivity contribution in [2.45, 2.75) is 11.8 Å². The fourth-order valence-electron chi connectivity index (χ4n) is 2.94. The molecule has 4 aromatic rings. The highest BCUT2D eigenvalue weighted by Crippen LogP contribution is 2.34. The Balaban J connectivity index is 1.55. The summed E-state index contributed by atoms with van der Waals surface area (Å²) in [5.41, 5.74) is 2.75. The van der Waals surface area contributed by atoms with Crippen LogP contribution in [0.2, 0.25) is 5.02 Å². The number of carbonyl (C=O) groups is 1. The van der Waals surface area contributed by atoms with Crippen LogP contribution in [-0.2, 0) is 11.4 Å². The standard InChI is InChI=1S/C24H18ClNO5S/c1-29-21-12-15(10-11-20(21)30-14-16-6-2-3-7-17(16)25)13-22(23(27)28)32-24-26-18-8-4-5-9-19(18)31-24/h2-13H,14H2,1H3,(H,27,28)/b22-13-. The smallest absolute Gasteiger partial charge is 0.342 e. The SMILES string of the molecule is COc1cc(/C=C(\Sc2nc3ccccc3o2)C(=O)O)ccc1OCc1ccccc1Cl. The number of fused-ring (bicyclic) bond motifs is 1. The summed E-state index contributed by atoms with van der Waals surface area (Å²) in [5, 5.41) is 10.5. The summed E-state index contributed by atoms with van der Waals surface area (Å²) in [6.07, 6.45) is 1.53. The van der Waals surface area contributed by atoms with E-state index in [-0.39, 0.29) is 16.7 Å². The van der Waals surface area contributed by atoms with E-state index < -0.39 is 5.97 Å². The van der Waals surface area contributed by atoms with Gasteiger partial charge in [-0.05, 0) is 53.7 Å². The number of nitrogens with zero attached hydrogens (tertiary/aromatic N) is 1. The van der Waals surface area contributed by atoms with E-state index in [1.165, 1.54) is 13.2 Å². The molecule has 0 radical (unpaired) electrons. The van der Waals surface area contributed by atoms with Crippen molar-refractivity contribution in [2.24, 2.45) is 0 Å². The van der Waals surface area contributed by atoms with E-state index in [0.29, 0.717) is 33.2 Å². The normalized spacial score (nSPS) is 11.5. The van der Waals surface area contributed by atoms with Crippen molar-refractivity contribution in [1.29, 1.82) is 0 Å². The maximum absolute atomic E-state index is 11.8. The number of oxazole rings is 1. The predicted octanol–water partition coefficient (Wildman–Crippen LogP) is 6.29. The highest BCUT2D eigenvalue weighted by atomic mass is 35.5. The van der Waals surface area contributed by atoms with Gasteiger partial charge in [0.1, 0.15) is 17.0 Å². The number of thioether (sulfide) groups is 1. The number of methoxy groups -OCH3 is 1. The van der Waals surface area contributed by atoms with Crippen molar-refractivity contribution in [3.63, 3.8) is 0 Å². The van der Waals surface area contributed by atoms with Crippen LogP contribution in [0.15, 0.2) is 81.3 Å². The summed E-state index contributed by atoms with van der Waals surface area (Å²) >= 11 is 7.12. The first-order chi connectivity index (χ1) is 15.5. The van der Waals surface area contributed by atoms with Gasteiger partial charge in [0.2, 0.25) is 0 Å². The largest absolute Gasteiger partial charge is 0.493 e. The summed E-state index contributed by atoms with van der Waals surface area (Å²) in [6, 6.07) is 19.9. The van der Waals surface area contributed by atoms with Crippen molar-refractivity contribution in [1.82, 2.24) is 4.98 Å². The number of rotatable bonds is 8. The average Bonchev–Trinajstić information content (AvgIpc) is 3.21. The quantitative estimate of drug-likeness (QED) is 0.241. The average molecular weight is 468 g/mol. The fraction of sp³-hybridized carbons (Fsp3) is 0.0833. The highest BCUT2D eigenvalue weighted by molar-refractivity contribution is 8.03. The third-order valence-electron chi connectivity index (χ3n) is 4.51. The first-order valence-corrected chi connectivity index (χ1v) is 10.8. The molecule has 3 aromatic carbocycles. The van der Waals surface area contributed by atoms with Gasteiger partial charge in [-0.15, -0.1) is 0 Å². The molecule has 0 unspecified atom stereocenters. The third kappa shape index (κ3) is 5.07. The van der Waals surface area contributed by atoms with E-state index in [0.717, 1.165) is 17.3 Å². The maximum atomic E-state index is 11.8. The van der Waals surface area contributed by atoms with Gasteiger partial charge < -0.3 is 19.0 Å². The second-order valence-electron chi connectivity index (χ2n) is 6.65. The number of para-hydroxylation sites is 2. The van der Waals surface area contributed by atoms with Crippen molar-refractivity contribution >= 4 is 46.5 Å². The minimum Gasteiger partial charge on any atom is -0.493 e. The van der Waals surface area contributed by atoms with Crippen molar-refractivity contribution in [3.8, 4) is 11.5 Å². The van der Waals surface area contributed by atoms with Crippen molar-refractivity contribution in [3.05, 3.63) is 87.8 Å². The highest BCUT2D eigenvalue weighted by Gasteiger charge is 2.16. The Morgan fingerprint density at radius 3 is 2.66 bits per heavy atom. The summed E-state index contributed by atoms with van der Waals surface area (Å²) in [4.78, 5) is 16.2. The molecular weight excluding hydrogens is 450 g/mol. The molecule has 0 saturated carbocycles. The van der Waals surface area contributed by atoms with Gasteiger partial charge in [-0.1, -0.05) is 48.0 Å². The van der Waals surface area contributed by atoms with Gasteiger partial charge in [-0.2, -0.15) is 0 Å². The van der Waals surface area contributed by atoms with Crippen LogP contribution in [0.25, 0.3) is 17.2 Å². The van der Waals surface area contributed by atoms with E-state index >= 15 is 0 Å². The lowest BCUT2D eigenvalue weighted by Gasteiger charge is -2.12. The fourth-order valence-corrected chi connectivity index (χ4v) is 3.88. The molecule has 32 heavy (non-hydrogen) atoms. The van der Waals surface area contributed by atoms with Crippen LogP contribution in [0.1, 0.15) is 11.1 Å². The molecule has 4 rings (SSSR count). The molecule has 1 heterocycles. The van der Waals surface area contributed by atoms with Gasteiger partial charge in [-0.3, -0.25) is 0 Å². The number of aromatic nitrogens is 1. The zero-order valence-electron chi connectivity index (χ0n) is 16.9. The molecule has 1 aromatic heterocycles. The van der Waals surface area contributed by atoms with E-state index in [2.05, 4.69) is 4.98 Å². The Morgan fingerprint density at radius 2 is 1.91 bits per heavy atom. The number of halogens is 1. The van der Waals surface area contributed by atoms with Crippen LogP contribution >= 0.6 is 23.4 Å². The zero-order valence-corrected chi connectivity index (χ0v) is 18.5. The number of carboxylic acids is 1. The van der Waals surface area contributed by atoms with Gasteiger partial charge in [-0.25, -0.2) is 9.78 Å². The minimum absolute atomic E-state index is 0.0587. The third-order valence-corrected chi connectivity index (χ3v) is 5.74. The molecule has 0 spiro atoms. The second-order valence-corrected chi connectivity index (χ2v) is 8.05. The van der Waals surface area contributed by atoms with Gasteiger partial charge >= 0.3 is 5.97 Å². The number of ether oxygens (including phenoxy) is 2. The number of benzene rings is 3. The Morgan fingerprint density at radius 1 is 1.12 bits per heavy atom. The van der Waals surface area contributed by atoms with Gasteiger partial charge in [0, 0.05) is 10.6 Å². The van der Waals surface area contributed by atoms with Crippen LogP contribution in [-0.4, -0.2) is 23.2 Å². The van der Waals surface area contributed by atoms with Gasteiger partial charge in [0.05, 0.1) is 7.11 Å². The van der Waals surface area contributed by atoms with Crippen LogP contribution in [0.4, 0.5) is 0 Å². The molecule has 162 valence electrons. The van der Waals surface area contributed by atoms with Crippen LogP contribution < -0.4 is 9.47 Å². The van der Waals surface area contributed by atoms with Gasteiger partial charge in [0.15, 0.2) is 17.1 Å². The number of hydrogen-bond donors (Lipinski definition) is 1. The number of aliphatic carboxylic acids is 1. The Bertz CT molecular complexity index is 1270. The minimum atomic E-state index is -1.09. The monoisotopic (exact) mass is 467 g/mol. The van der Waals surface area contributed by atoms with Crippen molar-refractivity contribution < 1.29 is 23.8 Å². The number of hydrogen-bond acceptors (Lipinski definition) is 6. The van der Waals surface area contributed by atoms with Crippen LogP contribution in [0.3, 0.4) is 0 Å². The molecule has 0 aliphatic heterocycles. The molecule has 6 nitrogen and oxygen atoms in total. The molecule has 0 saturated heterocycles. The van der Waals surface area contributed by atoms with E-state index in [1.54, 1.807) is 36.4 Å². The Kier molecular flexibility index (Phi) is 6.68. The first-order valence-electron chi connectivity index (χ1n) is 9.56. The molecule has 0 amide bonds. The molecule has 1 N–H and O–H groups in total. The van der Waals surface area contributed by atoms with Gasteiger partial charge in [0.25, 0.3) is 5.22 Å². The summed E-state index contributed by atoms with van der Waals surface area (Å²) in [7, 11) is 1.52. The Labute approximate surface area is 193 Å². The van der Waals surface area contributed by atoms with E-state index in [4.69, 9.17) is 25.5 Å². The molecule has 8 heteroatoms. The lowest BCUT2D eigenvalue weighted by molar-refractivity contribution is -0.131. The zero-order chi connectivity index (χ0) is 22.5. The van der Waals surface area contributed by atoms with Crippen molar-refractivity contribution in [2.75, 3.05) is 7.11 Å².